The van der Waals surface area contributed by atoms with Crippen molar-refractivity contribution in [3.63, 3.8) is 0 Å². The first-order valence-corrected chi connectivity index (χ1v) is 7.41. The standard InChI is InChI=1S/C16H4N12/c17-1-5-6(2-18)24-10-9(23-5)13-11(25-7(3-19)15(21)27-13)12-14(10)28-16(22)8(4-20)26-12/h(H2,21,27)(H2,22,28). The van der Waals surface area contributed by atoms with Crippen LogP contribution in [0.1, 0.15) is 22.8 Å². The lowest BCUT2D eigenvalue weighted by Gasteiger charge is -2.09. The normalized spacial score (nSPS) is 10.3. The topological polar surface area (TPSA) is 225 Å². The van der Waals surface area contributed by atoms with Crippen molar-refractivity contribution < 1.29 is 0 Å². The molecule has 0 saturated heterocycles. The SMILES string of the molecule is N#Cc1nc2c(nc1N)c1nc(C#N)c(C#N)nc1c1nc(N)c(C#N)nc12. The van der Waals surface area contributed by atoms with Crippen LogP contribution in [0.2, 0.25) is 0 Å². The lowest BCUT2D eigenvalue weighted by atomic mass is 10.1. The van der Waals surface area contributed by atoms with Crippen LogP contribution < -0.4 is 11.5 Å². The van der Waals surface area contributed by atoms with Crippen molar-refractivity contribution in [2.75, 3.05) is 11.5 Å². The minimum absolute atomic E-state index is 0.0835. The molecule has 0 atom stereocenters. The second-order valence-corrected chi connectivity index (χ2v) is 5.37. The van der Waals surface area contributed by atoms with E-state index >= 15 is 0 Å². The average Bonchev–Trinajstić information content (AvgIpc) is 2.72. The number of benzene rings is 1. The summed E-state index contributed by atoms with van der Waals surface area (Å²) in [5.41, 5.74) is 11.3. The first-order chi connectivity index (χ1) is 13.5. The highest BCUT2D eigenvalue weighted by molar-refractivity contribution is 6.18. The summed E-state index contributed by atoms with van der Waals surface area (Å²) >= 11 is 0. The molecular weight excluding hydrogens is 360 g/mol. The molecule has 0 bridgehead atoms. The minimum Gasteiger partial charge on any atom is -0.381 e. The average molecular weight is 364 g/mol. The number of nitrogens with zero attached hydrogens (tertiary/aromatic N) is 10. The summed E-state index contributed by atoms with van der Waals surface area (Å²) < 4.78 is 0. The molecule has 0 fully saturated rings. The summed E-state index contributed by atoms with van der Waals surface area (Å²) in [6.45, 7) is 0. The molecule has 0 amide bonds. The molecule has 0 unspecified atom stereocenters. The zero-order valence-corrected chi connectivity index (χ0v) is 13.6. The van der Waals surface area contributed by atoms with Crippen molar-refractivity contribution >= 4 is 44.7 Å². The smallest absolute Gasteiger partial charge is 0.183 e. The van der Waals surface area contributed by atoms with Crippen LogP contribution >= 0.6 is 0 Å². The summed E-state index contributed by atoms with van der Waals surface area (Å²) in [6.07, 6.45) is 0. The quantitative estimate of drug-likeness (QED) is 0.398. The zero-order valence-electron chi connectivity index (χ0n) is 13.6. The summed E-state index contributed by atoms with van der Waals surface area (Å²) in [5, 5.41) is 36.9. The Bertz CT molecular complexity index is 1390. The number of aromatic nitrogens is 6. The van der Waals surface area contributed by atoms with E-state index in [1.165, 1.54) is 0 Å². The van der Waals surface area contributed by atoms with E-state index in [0.717, 1.165) is 0 Å². The first-order valence-electron chi connectivity index (χ1n) is 7.41. The summed E-state index contributed by atoms with van der Waals surface area (Å²) in [6, 6.07) is 7.20. The molecule has 128 valence electrons. The molecule has 0 aliphatic rings. The van der Waals surface area contributed by atoms with E-state index < -0.39 is 0 Å². The van der Waals surface area contributed by atoms with E-state index in [2.05, 4.69) is 29.9 Å². The van der Waals surface area contributed by atoms with Gasteiger partial charge in [0.2, 0.25) is 0 Å². The second-order valence-electron chi connectivity index (χ2n) is 5.37. The molecule has 0 saturated carbocycles. The Morgan fingerprint density at radius 3 is 0.964 bits per heavy atom. The van der Waals surface area contributed by atoms with Crippen LogP contribution in [-0.2, 0) is 0 Å². The zero-order chi connectivity index (χ0) is 20.0. The van der Waals surface area contributed by atoms with Gasteiger partial charge in [-0.3, -0.25) is 0 Å². The van der Waals surface area contributed by atoms with Gasteiger partial charge in [-0.1, -0.05) is 0 Å². The van der Waals surface area contributed by atoms with Gasteiger partial charge in [-0.2, -0.15) is 21.0 Å². The van der Waals surface area contributed by atoms with E-state index in [1.807, 2.05) is 12.1 Å². The highest BCUT2D eigenvalue weighted by atomic mass is 15.0. The van der Waals surface area contributed by atoms with Gasteiger partial charge in [-0.15, -0.1) is 0 Å². The van der Waals surface area contributed by atoms with E-state index in [9.17, 15) is 21.0 Å². The van der Waals surface area contributed by atoms with Crippen LogP contribution in [0.4, 0.5) is 11.6 Å². The van der Waals surface area contributed by atoms with Crippen LogP contribution in [-0.4, -0.2) is 29.9 Å². The van der Waals surface area contributed by atoms with Crippen molar-refractivity contribution in [2.24, 2.45) is 0 Å². The number of rotatable bonds is 0. The third-order valence-corrected chi connectivity index (χ3v) is 3.84. The third-order valence-electron chi connectivity index (χ3n) is 3.84. The number of nitrogen functional groups attached to an aromatic ring is 2. The van der Waals surface area contributed by atoms with Crippen molar-refractivity contribution in [1.29, 1.82) is 21.0 Å². The largest absolute Gasteiger partial charge is 0.381 e. The van der Waals surface area contributed by atoms with Gasteiger partial charge in [-0.05, 0) is 0 Å². The summed E-state index contributed by atoms with van der Waals surface area (Å²) in [5.74, 6) is -0.326. The molecule has 4 aromatic rings. The maximum Gasteiger partial charge on any atom is 0.183 e. The highest BCUT2D eigenvalue weighted by Gasteiger charge is 2.21. The highest BCUT2D eigenvalue weighted by Crippen LogP contribution is 2.31. The molecule has 0 aliphatic heterocycles. The fraction of sp³-hybridized carbons (Fsp3) is 0. The molecule has 0 spiro atoms. The van der Waals surface area contributed by atoms with Crippen LogP contribution in [0.3, 0.4) is 0 Å². The molecule has 3 aromatic heterocycles. The maximum absolute atomic E-state index is 9.25. The lowest BCUT2D eigenvalue weighted by molar-refractivity contribution is 1.18. The maximum atomic E-state index is 9.25. The Morgan fingerprint density at radius 2 is 0.679 bits per heavy atom. The molecule has 28 heavy (non-hydrogen) atoms. The van der Waals surface area contributed by atoms with E-state index in [0.29, 0.717) is 0 Å². The molecule has 12 nitrogen and oxygen atoms in total. The summed E-state index contributed by atoms with van der Waals surface area (Å²) in [7, 11) is 0. The molecule has 0 aliphatic carbocycles. The Hall–Kier alpha value is -5.20. The van der Waals surface area contributed by atoms with Crippen LogP contribution in [0.5, 0.6) is 0 Å². The number of hydrogen-bond acceptors (Lipinski definition) is 12. The monoisotopic (exact) mass is 364 g/mol. The number of hydrogen-bond donors (Lipinski definition) is 2. The Balaban J connectivity index is 2.40. The van der Waals surface area contributed by atoms with Crippen LogP contribution in [0.25, 0.3) is 33.1 Å². The number of nitrogens with two attached hydrogens (primary N) is 2. The van der Waals surface area contributed by atoms with E-state index in [-0.39, 0.29) is 67.5 Å². The van der Waals surface area contributed by atoms with Gasteiger partial charge in [0.1, 0.15) is 57.4 Å². The number of nitriles is 4. The lowest BCUT2D eigenvalue weighted by Crippen LogP contribution is -2.06. The van der Waals surface area contributed by atoms with Crippen molar-refractivity contribution in [3.8, 4) is 24.3 Å². The van der Waals surface area contributed by atoms with E-state index in [4.69, 9.17) is 11.5 Å². The first kappa shape index (κ1) is 16.3. The van der Waals surface area contributed by atoms with Crippen molar-refractivity contribution in [1.82, 2.24) is 29.9 Å². The number of anilines is 2. The van der Waals surface area contributed by atoms with Gasteiger partial charge >= 0.3 is 0 Å². The molecule has 3 heterocycles. The fourth-order valence-corrected chi connectivity index (χ4v) is 2.64. The van der Waals surface area contributed by atoms with Crippen molar-refractivity contribution in [3.05, 3.63) is 22.8 Å². The molecule has 4 N–H and O–H groups in total. The van der Waals surface area contributed by atoms with Gasteiger partial charge in [0, 0.05) is 0 Å². The van der Waals surface area contributed by atoms with Crippen molar-refractivity contribution in [2.45, 2.75) is 0 Å². The minimum atomic E-state index is -0.227. The van der Waals surface area contributed by atoms with E-state index in [1.54, 1.807) is 12.1 Å². The molecular formula is C16H4N12. The molecule has 4 rings (SSSR count). The Labute approximate surface area is 155 Å². The molecule has 0 radical (unpaired) electrons. The Kier molecular flexibility index (Phi) is 3.29. The predicted octanol–water partition coefficient (Wildman–Crippen LogP) is 0.167. The second kappa shape index (κ2) is 5.67. The molecule has 1 aromatic carbocycles. The van der Waals surface area contributed by atoms with Crippen LogP contribution in [0, 0.1) is 45.3 Å². The van der Waals surface area contributed by atoms with Gasteiger partial charge in [0.25, 0.3) is 0 Å². The van der Waals surface area contributed by atoms with Gasteiger partial charge < -0.3 is 11.5 Å². The predicted molar refractivity (Wildman–Crippen MR) is 93.4 cm³/mol. The fourth-order valence-electron chi connectivity index (χ4n) is 2.64. The Morgan fingerprint density at radius 1 is 0.429 bits per heavy atom. The van der Waals surface area contributed by atoms with Gasteiger partial charge in [0.05, 0.1) is 0 Å². The van der Waals surface area contributed by atoms with Crippen LogP contribution in [0.15, 0.2) is 0 Å². The summed E-state index contributed by atoms with van der Waals surface area (Å²) in [4.78, 5) is 24.9. The van der Waals surface area contributed by atoms with Gasteiger partial charge in [0.15, 0.2) is 34.4 Å². The number of fused-ring (bicyclic) bond motifs is 6. The molecule has 12 heteroatoms. The third kappa shape index (κ3) is 2.07. The van der Waals surface area contributed by atoms with Gasteiger partial charge in [-0.25, -0.2) is 29.9 Å².